The summed E-state index contributed by atoms with van der Waals surface area (Å²) in [5.74, 6) is 0.432. The maximum Gasteiger partial charge on any atom is 0.0713 e. The minimum atomic E-state index is 0.310. The molecule has 0 saturated heterocycles. The first-order valence-corrected chi connectivity index (χ1v) is 7.24. The van der Waals surface area contributed by atoms with Crippen molar-refractivity contribution in [2.24, 2.45) is 5.92 Å². The van der Waals surface area contributed by atoms with Gasteiger partial charge in [-0.2, -0.15) is 0 Å². The zero-order valence-corrected chi connectivity index (χ0v) is 11.8. The normalized spacial score (nSPS) is 23.5. The number of aliphatic hydroxyl groups is 1. The predicted octanol–water partition coefficient (Wildman–Crippen LogP) is 2.47. The third-order valence-electron chi connectivity index (χ3n) is 4.05. The van der Waals surface area contributed by atoms with Crippen LogP contribution >= 0.6 is 0 Å². The van der Waals surface area contributed by atoms with Crippen molar-refractivity contribution in [3.8, 4) is 0 Å². The second-order valence-corrected chi connectivity index (χ2v) is 5.46. The molecule has 2 rings (SSSR count). The lowest BCUT2D eigenvalue weighted by molar-refractivity contribution is 0.152. The Morgan fingerprint density at radius 2 is 1.84 bits per heavy atom. The monoisotopic (exact) mass is 263 g/mol. The Balaban J connectivity index is 1.83. The van der Waals surface area contributed by atoms with Crippen molar-refractivity contribution < 1.29 is 9.84 Å². The van der Waals surface area contributed by atoms with Crippen molar-refractivity contribution in [2.45, 2.75) is 44.9 Å². The minimum absolute atomic E-state index is 0.310. The maximum absolute atomic E-state index is 9.40. The molecule has 3 heteroatoms. The van der Waals surface area contributed by atoms with Crippen LogP contribution in [0.1, 0.15) is 36.8 Å². The van der Waals surface area contributed by atoms with Crippen molar-refractivity contribution in [1.29, 1.82) is 0 Å². The summed E-state index contributed by atoms with van der Waals surface area (Å²) in [5, 5.41) is 13.0. The number of nitrogens with one attached hydrogen (secondary N) is 1. The molecular weight excluding hydrogens is 238 g/mol. The fourth-order valence-corrected chi connectivity index (χ4v) is 2.86. The number of benzene rings is 1. The van der Waals surface area contributed by atoms with E-state index in [1.54, 1.807) is 7.11 Å². The van der Waals surface area contributed by atoms with E-state index in [4.69, 9.17) is 4.74 Å². The van der Waals surface area contributed by atoms with E-state index in [9.17, 15) is 5.11 Å². The second-order valence-electron chi connectivity index (χ2n) is 5.46. The smallest absolute Gasteiger partial charge is 0.0713 e. The summed E-state index contributed by atoms with van der Waals surface area (Å²) >= 11 is 0. The van der Waals surface area contributed by atoms with Crippen LogP contribution < -0.4 is 5.32 Å². The Hall–Kier alpha value is -0.900. The molecule has 0 aliphatic heterocycles. The molecule has 1 fully saturated rings. The van der Waals surface area contributed by atoms with Gasteiger partial charge in [-0.05, 0) is 29.9 Å². The van der Waals surface area contributed by atoms with Crippen LogP contribution in [-0.4, -0.2) is 24.9 Å². The van der Waals surface area contributed by atoms with Crippen LogP contribution in [0.2, 0.25) is 0 Å². The molecule has 106 valence electrons. The molecule has 3 nitrogen and oxygen atoms in total. The fourth-order valence-electron chi connectivity index (χ4n) is 2.86. The van der Waals surface area contributed by atoms with Crippen LogP contribution in [0, 0.1) is 5.92 Å². The van der Waals surface area contributed by atoms with Crippen LogP contribution in [0.5, 0.6) is 0 Å². The van der Waals surface area contributed by atoms with E-state index in [-0.39, 0.29) is 0 Å². The van der Waals surface area contributed by atoms with E-state index in [2.05, 4.69) is 29.6 Å². The third-order valence-corrected chi connectivity index (χ3v) is 4.05. The average Bonchev–Trinajstić information content (AvgIpc) is 2.47. The molecule has 1 aliphatic rings. The number of aliphatic hydroxyl groups excluding tert-OH is 1. The van der Waals surface area contributed by atoms with Crippen molar-refractivity contribution in [3.05, 3.63) is 35.4 Å². The molecule has 2 unspecified atom stereocenters. The van der Waals surface area contributed by atoms with Crippen LogP contribution in [0.3, 0.4) is 0 Å². The molecule has 19 heavy (non-hydrogen) atoms. The van der Waals surface area contributed by atoms with Gasteiger partial charge >= 0.3 is 0 Å². The zero-order valence-electron chi connectivity index (χ0n) is 11.8. The van der Waals surface area contributed by atoms with E-state index >= 15 is 0 Å². The van der Waals surface area contributed by atoms with Gasteiger partial charge in [0.1, 0.15) is 0 Å². The van der Waals surface area contributed by atoms with E-state index < -0.39 is 0 Å². The van der Waals surface area contributed by atoms with Crippen molar-refractivity contribution in [1.82, 2.24) is 5.32 Å². The van der Waals surface area contributed by atoms with Gasteiger partial charge in [0.05, 0.1) is 6.61 Å². The van der Waals surface area contributed by atoms with Gasteiger partial charge in [0.2, 0.25) is 0 Å². The van der Waals surface area contributed by atoms with Crippen molar-refractivity contribution >= 4 is 0 Å². The molecule has 0 spiro atoms. The SMILES string of the molecule is COCc1ccc(CNC2CCCCC2CO)cc1. The molecule has 1 saturated carbocycles. The van der Waals surface area contributed by atoms with Gasteiger partial charge in [-0.25, -0.2) is 0 Å². The summed E-state index contributed by atoms with van der Waals surface area (Å²) in [6.07, 6.45) is 4.88. The van der Waals surface area contributed by atoms with Gasteiger partial charge in [0, 0.05) is 26.3 Å². The molecule has 0 radical (unpaired) electrons. The summed E-state index contributed by atoms with van der Waals surface area (Å²) in [7, 11) is 1.72. The molecule has 1 aromatic carbocycles. The molecule has 0 heterocycles. The van der Waals surface area contributed by atoms with E-state index in [0.717, 1.165) is 13.0 Å². The average molecular weight is 263 g/mol. The number of hydrogen-bond donors (Lipinski definition) is 2. The van der Waals surface area contributed by atoms with Crippen LogP contribution in [0.15, 0.2) is 24.3 Å². The van der Waals surface area contributed by atoms with Gasteiger partial charge in [-0.1, -0.05) is 37.1 Å². The zero-order chi connectivity index (χ0) is 13.5. The number of rotatable bonds is 6. The Labute approximate surface area is 116 Å². The molecule has 0 bridgehead atoms. The molecule has 1 aromatic rings. The van der Waals surface area contributed by atoms with E-state index in [1.165, 1.54) is 30.4 Å². The van der Waals surface area contributed by atoms with Gasteiger partial charge < -0.3 is 15.2 Å². The molecule has 0 amide bonds. The first-order valence-electron chi connectivity index (χ1n) is 7.24. The largest absolute Gasteiger partial charge is 0.396 e. The quantitative estimate of drug-likeness (QED) is 0.828. The van der Waals surface area contributed by atoms with Crippen molar-refractivity contribution in [2.75, 3.05) is 13.7 Å². The second kappa shape index (κ2) is 7.63. The highest BCUT2D eigenvalue weighted by molar-refractivity contribution is 5.22. The van der Waals surface area contributed by atoms with Crippen LogP contribution in [0.4, 0.5) is 0 Å². The molecule has 1 aliphatic carbocycles. The summed E-state index contributed by atoms with van der Waals surface area (Å²) in [6.45, 7) is 1.86. The van der Waals surface area contributed by atoms with Gasteiger partial charge in [-0.3, -0.25) is 0 Å². The Kier molecular flexibility index (Phi) is 5.83. The summed E-state index contributed by atoms with van der Waals surface area (Å²) in [4.78, 5) is 0. The maximum atomic E-state index is 9.40. The Morgan fingerprint density at radius 3 is 2.53 bits per heavy atom. The van der Waals surface area contributed by atoms with E-state index in [0.29, 0.717) is 25.2 Å². The lowest BCUT2D eigenvalue weighted by Crippen LogP contribution is -2.39. The molecule has 0 aromatic heterocycles. The summed E-state index contributed by atoms with van der Waals surface area (Å²) in [6, 6.07) is 9.00. The highest BCUT2D eigenvalue weighted by atomic mass is 16.5. The summed E-state index contributed by atoms with van der Waals surface area (Å²) < 4.78 is 5.11. The molecular formula is C16H25NO2. The summed E-state index contributed by atoms with van der Waals surface area (Å²) in [5.41, 5.74) is 2.50. The highest BCUT2D eigenvalue weighted by Gasteiger charge is 2.23. The highest BCUT2D eigenvalue weighted by Crippen LogP contribution is 2.24. The van der Waals surface area contributed by atoms with Crippen molar-refractivity contribution in [3.63, 3.8) is 0 Å². The lowest BCUT2D eigenvalue weighted by Gasteiger charge is -2.31. The number of ether oxygens (including phenoxy) is 1. The Morgan fingerprint density at radius 1 is 1.16 bits per heavy atom. The first-order chi connectivity index (χ1) is 9.33. The third kappa shape index (κ3) is 4.30. The first kappa shape index (κ1) is 14.5. The minimum Gasteiger partial charge on any atom is -0.396 e. The number of hydrogen-bond acceptors (Lipinski definition) is 3. The molecule has 2 N–H and O–H groups in total. The number of methoxy groups -OCH3 is 1. The topological polar surface area (TPSA) is 41.5 Å². The van der Waals surface area contributed by atoms with E-state index in [1.807, 2.05) is 0 Å². The van der Waals surface area contributed by atoms with Gasteiger partial charge in [0.25, 0.3) is 0 Å². The van der Waals surface area contributed by atoms with Gasteiger partial charge in [0.15, 0.2) is 0 Å². The van der Waals surface area contributed by atoms with Crippen LogP contribution in [0.25, 0.3) is 0 Å². The molecule has 2 atom stereocenters. The standard InChI is InChI=1S/C16H25NO2/c1-19-12-14-8-6-13(7-9-14)10-17-16-5-3-2-4-15(16)11-18/h6-9,15-18H,2-5,10-12H2,1H3. The Bertz CT molecular complexity index is 364. The fraction of sp³-hybridized carbons (Fsp3) is 0.625. The van der Waals surface area contributed by atoms with Crippen LogP contribution in [-0.2, 0) is 17.9 Å². The lowest BCUT2D eigenvalue weighted by atomic mass is 9.85. The van der Waals surface area contributed by atoms with Gasteiger partial charge in [-0.15, -0.1) is 0 Å². The predicted molar refractivity (Wildman–Crippen MR) is 76.8 cm³/mol.